The van der Waals surface area contributed by atoms with Crippen LogP contribution in [-0.4, -0.2) is 6.72 Å². The zero-order valence-corrected chi connectivity index (χ0v) is 31.3. The van der Waals surface area contributed by atoms with Crippen LogP contribution in [0.3, 0.4) is 0 Å². The van der Waals surface area contributed by atoms with Gasteiger partial charge in [-0.3, -0.25) is 4.99 Å². The maximum absolute atomic E-state index is 7.00. The topological polar surface area (TPSA) is 37.5 Å². The second-order valence-electron chi connectivity index (χ2n) is 15.1. The molecule has 3 heteroatoms. The molecule has 1 atom stereocenters. The molecule has 0 bridgehead atoms. The van der Waals surface area contributed by atoms with Crippen molar-refractivity contribution in [2.75, 3.05) is 0 Å². The second-order valence-corrected chi connectivity index (χ2v) is 15.1. The molecule has 3 nitrogen and oxygen atoms in total. The van der Waals surface area contributed by atoms with Crippen LogP contribution in [0.15, 0.2) is 204 Å². The molecule has 1 spiro atoms. The van der Waals surface area contributed by atoms with E-state index in [1.807, 2.05) is 18.2 Å². The van der Waals surface area contributed by atoms with Crippen LogP contribution in [0.4, 0.5) is 0 Å². The van der Waals surface area contributed by atoms with Crippen LogP contribution in [0.25, 0.3) is 60.8 Å². The van der Waals surface area contributed by atoms with Crippen LogP contribution in [0.1, 0.15) is 45.2 Å². The smallest absolute Gasteiger partial charge is 0.135 e. The lowest BCUT2D eigenvalue weighted by molar-refractivity contribution is 0.507. The molecule has 57 heavy (non-hydrogen) atoms. The standard InChI is InChI=1S/C54H38N2O/c1-55-49(36-17-3-2-4-18-36)33-50(43-26-15-20-35-16-5-8-22-40(35)43)56-34-38-19-6-7-21-39(38)37-30-31-48-45(32-37)52-44-25-11-14-29-51(44)57-53(52)54(48)46-27-12-9-23-41(46)42-24-10-13-28-47(42)54/h2-33,50,56H,1,34H2/b49-33-. The van der Waals surface area contributed by atoms with Crippen molar-refractivity contribution in [1.29, 1.82) is 0 Å². The number of hydrogen-bond donors (Lipinski definition) is 1. The van der Waals surface area contributed by atoms with Gasteiger partial charge in [-0.05, 0) is 96.9 Å². The Labute approximate surface area is 332 Å². The van der Waals surface area contributed by atoms with Crippen LogP contribution in [0, 0.1) is 0 Å². The third-order valence-electron chi connectivity index (χ3n) is 12.1. The first-order valence-electron chi connectivity index (χ1n) is 19.6. The minimum atomic E-state index is -0.538. The molecular weight excluding hydrogens is 693 g/mol. The summed E-state index contributed by atoms with van der Waals surface area (Å²) in [6.45, 7) is 4.62. The molecule has 9 aromatic rings. The van der Waals surface area contributed by atoms with Crippen LogP contribution >= 0.6 is 0 Å². The van der Waals surface area contributed by atoms with Gasteiger partial charge in [0.1, 0.15) is 16.8 Å². The first-order chi connectivity index (χ1) is 28.2. The molecular formula is C54H38N2O. The molecule has 270 valence electrons. The van der Waals surface area contributed by atoms with Crippen LogP contribution in [-0.2, 0) is 12.0 Å². The van der Waals surface area contributed by atoms with E-state index in [2.05, 4.69) is 193 Å². The highest BCUT2D eigenvalue weighted by atomic mass is 16.3. The van der Waals surface area contributed by atoms with Crippen molar-refractivity contribution in [1.82, 2.24) is 5.32 Å². The molecule has 0 radical (unpaired) electrons. The van der Waals surface area contributed by atoms with E-state index in [9.17, 15) is 0 Å². The lowest BCUT2D eigenvalue weighted by atomic mass is 9.73. The number of para-hydroxylation sites is 1. The lowest BCUT2D eigenvalue weighted by Crippen LogP contribution is -2.25. The van der Waals surface area contributed by atoms with E-state index in [4.69, 9.17) is 4.42 Å². The summed E-state index contributed by atoms with van der Waals surface area (Å²) >= 11 is 0. The van der Waals surface area contributed by atoms with E-state index in [0.29, 0.717) is 6.54 Å². The molecule has 1 unspecified atom stereocenters. The number of aliphatic imine (C=N–C) groups is 1. The monoisotopic (exact) mass is 730 g/mol. The van der Waals surface area contributed by atoms with Gasteiger partial charge in [-0.15, -0.1) is 0 Å². The minimum Gasteiger partial charge on any atom is -0.459 e. The van der Waals surface area contributed by atoms with Gasteiger partial charge < -0.3 is 9.73 Å². The molecule has 11 rings (SSSR count). The van der Waals surface area contributed by atoms with Gasteiger partial charge in [-0.1, -0.05) is 176 Å². The Morgan fingerprint density at radius 3 is 2.02 bits per heavy atom. The first kappa shape index (κ1) is 33.3. The van der Waals surface area contributed by atoms with Gasteiger partial charge in [0.15, 0.2) is 0 Å². The summed E-state index contributed by atoms with van der Waals surface area (Å²) in [6, 6.07) is 67.4. The summed E-state index contributed by atoms with van der Waals surface area (Å²) < 4.78 is 7.00. The van der Waals surface area contributed by atoms with Crippen LogP contribution in [0.5, 0.6) is 0 Å². The van der Waals surface area contributed by atoms with Gasteiger partial charge in [0.25, 0.3) is 0 Å². The third-order valence-corrected chi connectivity index (χ3v) is 12.1. The summed E-state index contributed by atoms with van der Waals surface area (Å²) in [5.74, 6) is 1.01. The Morgan fingerprint density at radius 2 is 1.23 bits per heavy atom. The van der Waals surface area contributed by atoms with E-state index >= 15 is 0 Å². The fourth-order valence-corrected chi connectivity index (χ4v) is 9.68. The van der Waals surface area contributed by atoms with E-state index in [-0.39, 0.29) is 6.04 Å². The van der Waals surface area contributed by atoms with Gasteiger partial charge in [-0.25, -0.2) is 0 Å². The van der Waals surface area contributed by atoms with Crippen LogP contribution in [0.2, 0.25) is 0 Å². The average molecular weight is 731 g/mol. The Morgan fingerprint density at radius 1 is 0.596 bits per heavy atom. The molecule has 0 amide bonds. The van der Waals surface area contributed by atoms with Crippen molar-refractivity contribution in [2.24, 2.45) is 4.99 Å². The molecule has 1 N–H and O–H groups in total. The summed E-state index contributed by atoms with van der Waals surface area (Å²) in [5, 5.41) is 7.53. The SMILES string of the molecule is C=N/C(=C\C(NCc1ccccc1-c1ccc2c(c1)-c1c(oc3ccccc13)C21c2ccccc2-c2ccccc21)c1cccc2ccccc12)c1ccccc1. The van der Waals surface area contributed by atoms with Crippen molar-refractivity contribution < 1.29 is 4.42 Å². The second kappa shape index (κ2) is 13.3. The Hall–Kier alpha value is -7.07. The Bertz CT molecular complexity index is 3010. The molecule has 1 aromatic heterocycles. The predicted octanol–water partition coefficient (Wildman–Crippen LogP) is 13.2. The number of fused-ring (bicyclic) bond motifs is 13. The average Bonchev–Trinajstić information content (AvgIpc) is 3.90. The molecule has 0 fully saturated rings. The zero-order chi connectivity index (χ0) is 37.9. The van der Waals surface area contributed by atoms with Crippen LogP contribution < -0.4 is 5.32 Å². The highest BCUT2D eigenvalue weighted by molar-refractivity contribution is 6.05. The van der Waals surface area contributed by atoms with Gasteiger partial charge >= 0.3 is 0 Å². The molecule has 2 aliphatic rings. The zero-order valence-electron chi connectivity index (χ0n) is 31.3. The van der Waals surface area contributed by atoms with Gasteiger partial charge in [-0.2, -0.15) is 0 Å². The summed E-state index contributed by atoms with van der Waals surface area (Å²) in [7, 11) is 0. The van der Waals surface area contributed by atoms with Crippen molar-refractivity contribution in [2.45, 2.75) is 18.0 Å². The Balaban J connectivity index is 1.04. The fourth-order valence-electron chi connectivity index (χ4n) is 9.68. The molecule has 1 heterocycles. The van der Waals surface area contributed by atoms with E-state index in [1.165, 1.54) is 72.0 Å². The highest BCUT2D eigenvalue weighted by Crippen LogP contribution is 2.64. The number of nitrogens with one attached hydrogen (secondary N) is 1. The molecule has 8 aromatic carbocycles. The van der Waals surface area contributed by atoms with Gasteiger partial charge in [0.05, 0.1) is 11.7 Å². The summed E-state index contributed by atoms with van der Waals surface area (Å²) in [6.07, 6.45) is 2.21. The number of benzene rings is 8. The molecule has 0 saturated heterocycles. The maximum atomic E-state index is 7.00. The summed E-state index contributed by atoms with van der Waals surface area (Å²) in [4.78, 5) is 4.51. The lowest BCUT2D eigenvalue weighted by Gasteiger charge is -2.28. The third kappa shape index (κ3) is 5.06. The highest BCUT2D eigenvalue weighted by Gasteiger charge is 2.55. The fraction of sp³-hybridized carbons (Fsp3) is 0.0556. The van der Waals surface area contributed by atoms with E-state index in [1.54, 1.807) is 0 Å². The van der Waals surface area contributed by atoms with Crippen molar-refractivity contribution in [3.63, 3.8) is 0 Å². The van der Waals surface area contributed by atoms with Crippen molar-refractivity contribution in [3.8, 4) is 33.4 Å². The summed E-state index contributed by atoms with van der Waals surface area (Å²) in [5.41, 5.74) is 15.8. The predicted molar refractivity (Wildman–Crippen MR) is 235 cm³/mol. The largest absolute Gasteiger partial charge is 0.459 e. The number of hydrogen-bond acceptors (Lipinski definition) is 3. The number of nitrogens with zero attached hydrogens (tertiary/aromatic N) is 1. The maximum Gasteiger partial charge on any atom is 0.135 e. The van der Waals surface area contributed by atoms with Crippen molar-refractivity contribution >= 4 is 34.2 Å². The van der Waals surface area contributed by atoms with Gasteiger partial charge in [0.2, 0.25) is 0 Å². The minimum absolute atomic E-state index is 0.132. The number of rotatable bonds is 8. The molecule has 0 aliphatic heterocycles. The van der Waals surface area contributed by atoms with Crippen molar-refractivity contribution in [3.05, 3.63) is 233 Å². The normalized spacial score (nSPS) is 14.0. The molecule has 0 saturated carbocycles. The Kier molecular flexibility index (Phi) is 7.77. The molecule has 2 aliphatic carbocycles. The van der Waals surface area contributed by atoms with E-state index < -0.39 is 5.41 Å². The quantitative estimate of drug-likeness (QED) is 0.158. The van der Waals surface area contributed by atoms with Gasteiger partial charge in [0, 0.05) is 17.5 Å². The van der Waals surface area contributed by atoms with E-state index in [0.717, 1.165) is 28.0 Å². The first-order valence-corrected chi connectivity index (χ1v) is 19.6. The number of furan rings is 1.